The molecule has 0 unspecified atom stereocenters. The van der Waals surface area contributed by atoms with Crippen molar-refractivity contribution in [1.29, 1.82) is 0 Å². The van der Waals surface area contributed by atoms with Crippen molar-refractivity contribution >= 4 is 38.2 Å². The molecule has 2 aromatic carbocycles. The highest BCUT2D eigenvalue weighted by atomic mass is 35.5. The average molecular weight is 444 g/mol. The number of pyridine rings is 1. The fraction of sp³-hybridized carbons (Fsp3) is 0.238. The predicted molar refractivity (Wildman–Crippen MR) is 115 cm³/mol. The lowest BCUT2D eigenvalue weighted by Gasteiger charge is -2.23. The van der Waals surface area contributed by atoms with Crippen LogP contribution in [0.25, 0.3) is 10.9 Å². The summed E-state index contributed by atoms with van der Waals surface area (Å²) in [4.78, 5) is 4.50. The molecule has 30 heavy (non-hydrogen) atoms. The highest BCUT2D eigenvalue weighted by Gasteiger charge is 2.36. The number of fused-ring (bicyclic) bond motifs is 2. The highest BCUT2D eigenvalue weighted by Crippen LogP contribution is 2.40. The molecule has 154 valence electrons. The number of ether oxygens (including phenoxy) is 2. The Balaban J connectivity index is 1.60. The van der Waals surface area contributed by atoms with Crippen LogP contribution in [0.4, 0.5) is 0 Å². The van der Waals surface area contributed by atoms with Gasteiger partial charge < -0.3 is 9.47 Å². The average Bonchev–Trinajstić information content (AvgIpc) is 3.18. The summed E-state index contributed by atoms with van der Waals surface area (Å²) in [6.07, 6.45) is 1.54. The summed E-state index contributed by atoms with van der Waals surface area (Å²) >= 11 is 6.52. The van der Waals surface area contributed by atoms with Crippen molar-refractivity contribution in [1.82, 2.24) is 9.40 Å². The van der Waals surface area contributed by atoms with Crippen LogP contribution in [0, 0.1) is 0 Å². The van der Waals surface area contributed by atoms with Gasteiger partial charge in [-0.3, -0.25) is 0 Å². The molecule has 0 fully saturated rings. The fourth-order valence-corrected chi connectivity index (χ4v) is 4.94. The summed E-state index contributed by atoms with van der Waals surface area (Å²) in [5.41, 5.74) is 2.81. The molecular formula is C21H18ClN3O4S. The van der Waals surface area contributed by atoms with Crippen molar-refractivity contribution in [2.24, 2.45) is 5.10 Å². The van der Waals surface area contributed by atoms with E-state index < -0.39 is 16.1 Å². The lowest BCUT2D eigenvalue weighted by molar-refractivity contribution is 0.172. The molecule has 3 aromatic rings. The third-order valence-corrected chi connectivity index (χ3v) is 6.46. The molecule has 5 rings (SSSR count). The molecule has 9 heteroatoms. The lowest BCUT2D eigenvalue weighted by Crippen LogP contribution is -2.26. The molecule has 0 aliphatic carbocycles. The SMILES string of the molecule is CS(=O)(=O)N1N=C(c2ccccc2)C[C@@H]1c1cc2cc3c(cc2nc1Cl)OCCO3. The topological polar surface area (TPSA) is 81.1 Å². The highest BCUT2D eigenvalue weighted by molar-refractivity contribution is 7.88. The summed E-state index contributed by atoms with van der Waals surface area (Å²) < 4.78 is 37.4. The van der Waals surface area contributed by atoms with Crippen LogP contribution in [-0.2, 0) is 10.0 Å². The van der Waals surface area contributed by atoms with Gasteiger partial charge in [-0.15, -0.1) is 0 Å². The van der Waals surface area contributed by atoms with Crippen LogP contribution in [0.1, 0.15) is 23.6 Å². The first-order chi connectivity index (χ1) is 14.4. The van der Waals surface area contributed by atoms with E-state index in [1.165, 1.54) is 0 Å². The summed E-state index contributed by atoms with van der Waals surface area (Å²) in [6, 6.07) is 14.4. The van der Waals surface area contributed by atoms with Crippen LogP contribution >= 0.6 is 11.6 Å². The number of benzene rings is 2. The third kappa shape index (κ3) is 3.36. The van der Waals surface area contributed by atoms with E-state index in [-0.39, 0.29) is 5.15 Å². The second-order valence-electron chi connectivity index (χ2n) is 7.23. The molecule has 0 saturated heterocycles. The lowest BCUT2D eigenvalue weighted by atomic mass is 9.99. The van der Waals surface area contributed by atoms with Crippen LogP contribution in [-0.4, -0.2) is 43.0 Å². The minimum absolute atomic E-state index is 0.238. The maximum absolute atomic E-state index is 12.5. The molecule has 0 saturated carbocycles. The quantitative estimate of drug-likeness (QED) is 0.575. The van der Waals surface area contributed by atoms with Crippen molar-refractivity contribution in [3.05, 3.63) is 64.8 Å². The molecular weight excluding hydrogens is 426 g/mol. The summed E-state index contributed by atoms with van der Waals surface area (Å²) in [5, 5.41) is 5.44. The van der Waals surface area contributed by atoms with Crippen LogP contribution in [0.5, 0.6) is 11.5 Å². The van der Waals surface area contributed by atoms with Gasteiger partial charge >= 0.3 is 0 Å². The van der Waals surface area contributed by atoms with E-state index >= 15 is 0 Å². The molecule has 1 atom stereocenters. The van der Waals surface area contributed by atoms with Crippen molar-refractivity contribution in [3.8, 4) is 11.5 Å². The Morgan fingerprint density at radius 1 is 1.07 bits per heavy atom. The molecule has 0 spiro atoms. The van der Waals surface area contributed by atoms with E-state index in [0.29, 0.717) is 47.9 Å². The number of halogens is 1. The Morgan fingerprint density at radius 2 is 1.77 bits per heavy atom. The minimum atomic E-state index is -3.61. The molecule has 0 bridgehead atoms. The van der Waals surface area contributed by atoms with Gasteiger partial charge in [-0.2, -0.15) is 9.52 Å². The van der Waals surface area contributed by atoms with Crippen molar-refractivity contribution in [3.63, 3.8) is 0 Å². The van der Waals surface area contributed by atoms with Gasteiger partial charge in [-0.1, -0.05) is 41.9 Å². The summed E-state index contributed by atoms with van der Waals surface area (Å²) in [5.74, 6) is 1.26. The van der Waals surface area contributed by atoms with Crippen molar-refractivity contribution in [2.75, 3.05) is 19.5 Å². The Bertz CT molecular complexity index is 1280. The molecule has 1 aromatic heterocycles. The van der Waals surface area contributed by atoms with E-state index in [9.17, 15) is 8.42 Å². The first-order valence-electron chi connectivity index (χ1n) is 9.42. The summed E-state index contributed by atoms with van der Waals surface area (Å²) in [6.45, 7) is 0.959. The van der Waals surface area contributed by atoms with Gasteiger partial charge in [-0.25, -0.2) is 13.4 Å². The van der Waals surface area contributed by atoms with E-state index in [1.54, 1.807) is 6.07 Å². The number of nitrogens with zero attached hydrogens (tertiary/aromatic N) is 3. The molecule has 7 nitrogen and oxygen atoms in total. The molecule has 2 aliphatic rings. The third-order valence-electron chi connectivity index (χ3n) is 5.14. The van der Waals surface area contributed by atoms with Crippen LogP contribution in [0.3, 0.4) is 0 Å². The maximum atomic E-state index is 12.5. The standard InChI is InChI=1S/C21H18ClN3O4S/c1-30(26,27)25-18(11-17(24-25)13-5-3-2-4-6-13)15-9-14-10-19-20(29-8-7-28-19)12-16(14)23-21(15)22/h2-6,9-10,12,18H,7-8,11H2,1H3/t18-/m1/s1. The summed E-state index contributed by atoms with van der Waals surface area (Å²) in [7, 11) is -3.61. The zero-order valence-electron chi connectivity index (χ0n) is 16.1. The van der Waals surface area contributed by atoms with Gasteiger partial charge in [0.05, 0.1) is 23.5 Å². The second-order valence-corrected chi connectivity index (χ2v) is 9.42. The van der Waals surface area contributed by atoms with E-state index in [0.717, 1.165) is 21.6 Å². The normalized spacial score (nSPS) is 18.5. The van der Waals surface area contributed by atoms with Gasteiger partial charge in [0.2, 0.25) is 10.0 Å². The van der Waals surface area contributed by atoms with Crippen molar-refractivity contribution in [2.45, 2.75) is 12.5 Å². The zero-order valence-corrected chi connectivity index (χ0v) is 17.7. The maximum Gasteiger partial charge on any atom is 0.247 e. The van der Waals surface area contributed by atoms with Gasteiger partial charge in [0.25, 0.3) is 0 Å². The van der Waals surface area contributed by atoms with Crippen molar-refractivity contribution < 1.29 is 17.9 Å². The smallest absolute Gasteiger partial charge is 0.247 e. The Kier molecular flexibility index (Phi) is 4.56. The number of aromatic nitrogens is 1. The Labute approximate surface area is 178 Å². The monoisotopic (exact) mass is 443 g/mol. The van der Waals surface area contributed by atoms with Gasteiger partial charge in [-0.05, 0) is 17.7 Å². The molecule has 0 amide bonds. The zero-order chi connectivity index (χ0) is 20.9. The van der Waals surface area contributed by atoms with Crippen LogP contribution < -0.4 is 9.47 Å². The predicted octanol–water partition coefficient (Wildman–Crippen LogP) is 3.77. The van der Waals surface area contributed by atoms with E-state index in [4.69, 9.17) is 21.1 Å². The minimum Gasteiger partial charge on any atom is -0.486 e. The number of rotatable bonds is 3. The Hall–Kier alpha value is -2.84. The fourth-order valence-electron chi connectivity index (χ4n) is 3.77. The van der Waals surface area contributed by atoms with Gasteiger partial charge in [0, 0.05) is 23.4 Å². The van der Waals surface area contributed by atoms with E-state index in [1.807, 2.05) is 42.5 Å². The number of hydrogen-bond acceptors (Lipinski definition) is 6. The van der Waals surface area contributed by atoms with Crippen LogP contribution in [0.2, 0.25) is 5.15 Å². The number of sulfonamides is 1. The molecule has 2 aliphatic heterocycles. The van der Waals surface area contributed by atoms with Gasteiger partial charge in [0.1, 0.15) is 18.4 Å². The number of hydrogen-bond donors (Lipinski definition) is 0. The molecule has 0 N–H and O–H groups in total. The molecule has 0 radical (unpaired) electrons. The first kappa shape index (κ1) is 19.1. The number of hydrazone groups is 1. The second kappa shape index (κ2) is 7.14. The van der Waals surface area contributed by atoms with Crippen LogP contribution in [0.15, 0.2) is 53.6 Å². The molecule has 3 heterocycles. The van der Waals surface area contributed by atoms with Gasteiger partial charge in [0.15, 0.2) is 11.5 Å². The Morgan fingerprint density at radius 3 is 2.47 bits per heavy atom. The largest absolute Gasteiger partial charge is 0.486 e. The van der Waals surface area contributed by atoms with E-state index in [2.05, 4.69) is 10.1 Å². The first-order valence-corrected chi connectivity index (χ1v) is 11.6.